The Morgan fingerprint density at radius 2 is 2.05 bits per heavy atom. The first-order valence-electron chi connectivity index (χ1n) is 6.01. The van der Waals surface area contributed by atoms with Crippen LogP contribution in [0.25, 0.3) is 0 Å². The number of anilines is 1. The molecule has 0 aliphatic heterocycles. The van der Waals surface area contributed by atoms with Crippen LogP contribution in [0, 0.1) is 12.7 Å². The lowest BCUT2D eigenvalue weighted by atomic mass is 10.0. The molecule has 0 fully saturated rings. The van der Waals surface area contributed by atoms with Crippen molar-refractivity contribution >= 4 is 17.4 Å². The number of aryl methyl sites for hydroxylation is 1. The average Bonchev–Trinajstić information content (AvgIpc) is 2.79. The van der Waals surface area contributed by atoms with E-state index in [1.165, 1.54) is 24.4 Å². The molecule has 1 aromatic heterocycles. The second-order valence-corrected chi connectivity index (χ2v) is 4.26. The molecule has 0 unspecified atom stereocenters. The van der Waals surface area contributed by atoms with Gasteiger partial charge in [0.2, 0.25) is 5.91 Å². The summed E-state index contributed by atoms with van der Waals surface area (Å²) in [5, 5.41) is 2.51. The second kappa shape index (κ2) is 5.66. The summed E-state index contributed by atoms with van der Waals surface area (Å²) >= 11 is 0. The number of aromatic amines is 1. The van der Waals surface area contributed by atoms with E-state index in [1.54, 1.807) is 13.0 Å². The van der Waals surface area contributed by atoms with Crippen LogP contribution in [-0.4, -0.2) is 23.2 Å². The quantitative estimate of drug-likeness (QED) is 0.740. The molecular weight excluding hydrogens is 261 g/mol. The third-order valence-corrected chi connectivity index (χ3v) is 2.88. The molecule has 0 spiro atoms. The SMILES string of the molecule is Cc1[nH]cc(NC(=O)CN)c1C(=O)c1ccccc1F. The molecule has 0 aliphatic carbocycles. The molecular formula is C14H14FN3O2. The van der Waals surface area contributed by atoms with Gasteiger partial charge in [0.15, 0.2) is 5.78 Å². The van der Waals surface area contributed by atoms with Gasteiger partial charge in [-0.25, -0.2) is 4.39 Å². The zero-order valence-corrected chi connectivity index (χ0v) is 10.9. The van der Waals surface area contributed by atoms with Gasteiger partial charge in [-0.15, -0.1) is 0 Å². The van der Waals surface area contributed by atoms with E-state index < -0.39 is 17.5 Å². The van der Waals surface area contributed by atoms with Crippen LogP contribution in [0.3, 0.4) is 0 Å². The monoisotopic (exact) mass is 275 g/mol. The van der Waals surface area contributed by atoms with Crippen molar-refractivity contribution in [3.05, 3.63) is 53.1 Å². The highest BCUT2D eigenvalue weighted by Gasteiger charge is 2.21. The molecule has 0 atom stereocenters. The second-order valence-electron chi connectivity index (χ2n) is 4.26. The van der Waals surface area contributed by atoms with Gasteiger partial charge in [-0.05, 0) is 19.1 Å². The number of carbonyl (C=O) groups excluding carboxylic acids is 2. The molecule has 0 saturated heterocycles. The van der Waals surface area contributed by atoms with Gasteiger partial charge in [0.05, 0.1) is 23.4 Å². The van der Waals surface area contributed by atoms with Crippen LogP contribution in [0.5, 0.6) is 0 Å². The van der Waals surface area contributed by atoms with E-state index in [1.807, 2.05) is 0 Å². The lowest BCUT2D eigenvalue weighted by Crippen LogP contribution is -2.22. The van der Waals surface area contributed by atoms with Crippen molar-refractivity contribution in [1.82, 2.24) is 4.98 Å². The Labute approximate surface area is 115 Å². The molecule has 1 heterocycles. The maximum atomic E-state index is 13.7. The molecule has 1 aromatic carbocycles. The molecule has 0 saturated carbocycles. The number of amides is 1. The lowest BCUT2D eigenvalue weighted by molar-refractivity contribution is -0.114. The lowest BCUT2D eigenvalue weighted by Gasteiger charge is -2.07. The van der Waals surface area contributed by atoms with Crippen molar-refractivity contribution in [3.8, 4) is 0 Å². The minimum Gasteiger partial charge on any atom is -0.363 e. The maximum absolute atomic E-state index is 13.7. The first kappa shape index (κ1) is 14.0. The van der Waals surface area contributed by atoms with Crippen molar-refractivity contribution in [2.75, 3.05) is 11.9 Å². The minimum absolute atomic E-state index is 0.0431. The van der Waals surface area contributed by atoms with Gasteiger partial charge in [-0.3, -0.25) is 9.59 Å². The molecule has 0 aliphatic rings. The van der Waals surface area contributed by atoms with Crippen molar-refractivity contribution < 1.29 is 14.0 Å². The summed E-state index contributed by atoms with van der Waals surface area (Å²) in [4.78, 5) is 26.6. The van der Waals surface area contributed by atoms with E-state index in [0.29, 0.717) is 11.4 Å². The van der Waals surface area contributed by atoms with Gasteiger partial charge in [0.1, 0.15) is 5.82 Å². The summed E-state index contributed by atoms with van der Waals surface area (Å²) in [6.07, 6.45) is 1.48. The summed E-state index contributed by atoms with van der Waals surface area (Å²) in [5.41, 5.74) is 6.26. The number of aromatic nitrogens is 1. The van der Waals surface area contributed by atoms with Gasteiger partial charge in [0.25, 0.3) is 0 Å². The van der Waals surface area contributed by atoms with Crippen LogP contribution in [0.2, 0.25) is 0 Å². The molecule has 4 N–H and O–H groups in total. The largest absolute Gasteiger partial charge is 0.363 e. The first-order chi connectivity index (χ1) is 9.54. The van der Waals surface area contributed by atoms with Crippen molar-refractivity contribution in [3.63, 3.8) is 0 Å². The third kappa shape index (κ3) is 2.60. The number of benzene rings is 1. The van der Waals surface area contributed by atoms with Gasteiger partial charge in [-0.2, -0.15) is 0 Å². The third-order valence-electron chi connectivity index (χ3n) is 2.88. The molecule has 2 rings (SSSR count). The van der Waals surface area contributed by atoms with Crippen LogP contribution in [0.15, 0.2) is 30.5 Å². The van der Waals surface area contributed by atoms with Crippen molar-refractivity contribution in [2.45, 2.75) is 6.92 Å². The summed E-state index contributed by atoms with van der Waals surface area (Å²) in [7, 11) is 0. The smallest absolute Gasteiger partial charge is 0.238 e. The van der Waals surface area contributed by atoms with E-state index >= 15 is 0 Å². The Bertz CT molecular complexity index is 664. The topological polar surface area (TPSA) is 88.0 Å². The molecule has 0 bridgehead atoms. The number of ketones is 1. The Morgan fingerprint density at radius 3 is 2.70 bits per heavy atom. The summed E-state index contributed by atoms with van der Waals surface area (Å²) in [6.45, 7) is 1.48. The van der Waals surface area contributed by atoms with Crippen molar-refractivity contribution in [2.24, 2.45) is 5.73 Å². The normalized spacial score (nSPS) is 10.3. The molecule has 6 heteroatoms. The fourth-order valence-corrected chi connectivity index (χ4v) is 1.90. The summed E-state index contributed by atoms with van der Waals surface area (Å²) < 4.78 is 13.7. The number of H-pyrrole nitrogens is 1. The molecule has 5 nitrogen and oxygen atoms in total. The van der Waals surface area contributed by atoms with E-state index in [0.717, 1.165) is 0 Å². The van der Waals surface area contributed by atoms with Gasteiger partial charge >= 0.3 is 0 Å². The Balaban J connectivity index is 2.42. The predicted octanol–water partition coefficient (Wildman–Crippen LogP) is 1.59. The number of nitrogens with two attached hydrogens (primary N) is 1. The summed E-state index contributed by atoms with van der Waals surface area (Å²) in [6, 6.07) is 5.70. The van der Waals surface area contributed by atoms with Crippen molar-refractivity contribution in [1.29, 1.82) is 0 Å². The van der Waals surface area contributed by atoms with Gasteiger partial charge in [-0.1, -0.05) is 12.1 Å². The fraction of sp³-hybridized carbons (Fsp3) is 0.143. The summed E-state index contributed by atoms with van der Waals surface area (Å²) in [5.74, 6) is -1.52. The zero-order chi connectivity index (χ0) is 14.7. The van der Waals surface area contributed by atoms with E-state index in [2.05, 4.69) is 10.3 Å². The fourth-order valence-electron chi connectivity index (χ4n) is 1.90. The maximum Gasteiger partial charge on any atom is 0.238 e. The minimum atomic E-state index is -0.603. The van der Waals surface area contributed by atoms with Gasteiger partial charge < -0.3 is 16.0 Å². The predicted molar refractivity (Wildman–Crippen MR) is 73.0 cm³/mol. The van der Waals surface area contributed by atoms with Crippen LogP contribution in [0.4, 0.5) is 10.1 Å². The van der Waals surface area contributed by atoms with Crippen LogP contribution in [0.1, 0.15) is 21.6 Å². The number of halogens is 1. The Hall–Kier alpha value is -2.47. The first-order valence-corrected chi connectivity index (χ1v) is 6.01. The highest BCUT2D eigenvalue weighted by molar-refractivity contribution is 6.14. The standard InChI is InChI=1S/C14H14FN3O2/c1-8-13(11(7-17-8)18-12(19)6-16)14(20)9-4-2-3-5-10(9)15/h2-5,7,17H,6,16H2,1H3,(H,18,19). The molecule has 0 radical (unpaired) electrons. The van der Waals surface area contributed by atoms with Gasteiger partial charge in [0, 0.05) is 11.9 Å². The number of hydrogen-bond donors (Lipinski definition) is 3. The highest BCUT2D eigenvalue weighted by Crippen LogP contribution is 2.23. The molecule has 20 heavy (non-hydrogen) atoms. The number of hydrogen-bond acceptors (Lipinski definition) is 3. The average molecular weight is 275 g/mol. The molecule has 104 valence electrons. The number of rotatable bonds is 4. The van der Waals surface area contributed by atoms with Crippen LogP contribution >= 0.6 is 0 Å². The van der Waals surface area contributed by atoms with Crippen LogP contribution in [-0.2, 0) is 4.79 Å². The zero-order valence-electron chi connectivity index (χ0n) is 10.9. The molecule has 1 amide bonds. The number of carbonyl (C=O) groups is 2. The highest BCUT2D eigenvalue weighted by atomic mass is 19.1. The Morgan fingerprint density at radius 1 is 1.35 bits per heavy atom. The number of nitrogens with one attached hydrogen (secondary N) is 2. The molecule has 2 aromatic rings. The van der Waals surface area contributed by atoms with E-state index in [-0.39, 0.29) is 17.7 Å². The van der Waals surface area contributed by atoms with Crippen LogP contribution < -0.4 is 11.1 Å². The van der Waals surface area contributed by atoms with E-state index in [4.69, 9.17) is 5.73 Å². The van der Waals surface area contributed by atoms with E-state index in [9.17, 15) is 14.0 Å². The Kier molecular flexibility index (Phi) is 3.95.